The summed E-state index contributed by atoms with van der Waals surface area (Å²) < 4.78 is 23.3. The Morgan fingerprint density at radius 2 is 2.00 bits per heavy atom. The summed E-state index contributed by atoms with van der Waals surface area (Å²) in [6, 6.07) is 4.49. The smallest absolute Gasteiger partial charge is 0.173 e. The highest BCUT2D eigenvalue weighted by Crippen LogP contribution is 2.14. The van der Waals surface area contributed by atoms with Crippen LogP contribution in [0.5, 0.6) is 0 Å². The van der Waals surface area contributed by atoms with Crippen molar-refractivity contribution in [2.75, 3.05) is 14.2 Å². The van der Waals surface area contributed by atoms with Crippen LogP contribution in [0.15, 0.2) is 18.2 Å². The van der Waals surface area contributed by atoms with Crippen molar-refractivity contribution in [1.29, 1.82) is 0 Å². The van der Waals surface area contributed by atoms with E-state index in [2.05, 4.69) is 5.43 Å². The molecule has 0 saturated heterocycles. The number of halogens is 1. The minimum Gasteiger partial charge on any atom is -0.354 e. The summed E-state index contributed by atoms with van der Waals surface area (Å²) in [4.78, 5) is 0. The molecule has 4 nitrogen and oxygen atoms in total. The molecular formula is C12H19FN2O2. The van der Waals surface area contributed by atoms with Crippen LogP contribution in [0, 0.1) is 12.7 Å². The van der Waals surface area contributed by atoms with Gasteiger partial charge in [0.1, 0.15) is 5.82 Å². The van der Waals surface area contributed by atoms with E-state index in [1.54, 1.807) is 20.3 Å². The third kappa shape index (κ3) is 3.74. The SMILES string of the molecule is COC(OC)C(Cc1ccc(F)cc1C)NN. The Kier molecular flexibility index (Phi) is 5.50. The van der Waals surface area contributed by atoms with Gasteiger partial charge in [-0.25, -0.2) is 4.39 Å². The fourth-order valence-electron chi connectivity index (χ4n) is 1.78. The summed E-state index contributed by atoms with van der Waals surface area (Å²) in [7, 11) is 3.10. The van der Waals surface area contributed by atoms with E-state index >= 15 is 0 Å². The van der Waals surface area contributed by atoms with Gasteiger partial charge in [0, 0.05) is 14.2 Å². The lowest BCUT2D eigenvalue weighted by atomic mass is 10.0. The largest absolute Gasteiger partial charge is 0.354 e. The van der Waals surface area contributed by atoms with Crippen molar-refractivity contribution < 1.29 is 13.9 Å². The van der Waals surface area contributed by atoms with E-state index in [1.165, 1.54) is 12.1 Å². The third-order valence-corrected chi connectivity index (χ3v) is 2.75. The number of ether oxygens (including phenoxy) is 2. The Morgan fingerprint density at radius 3 is 2.47 bits per heavy atom. The number of nitrogens with one attached hydrogen (secondary N) is 1. The summed E-state index contributed by atoms with van der Waals surface area (Å²) in [6.45, 7) is 1.86. The first-order valence-corrected chi connectivity index (χ1v) is 5.39. The van der Waals surface area contributed by atoms with E-state index < -0.39 is 6.29 Å². The maximum absolute atomic E-state index is 13.0. The fraction of sp³-hybridized carbons (Fsp3) is 0.500. The molecule has 0 radical (unpaired) electrons. The van der Waals surface area contributed by atoms with Gasteiger partial charge in [-0.15, -0.1) is 0 Å². The molecule has 0 heterocycles. The zero-order chi connectivity index (χ0) is 12.8. The molecule has 1 aromatic carbocycles. The van der Waals surface area contributed by atoms with Gasteiger partial charge in [0.15, 0.2) is 6.29 Å². The molecule has 1 unspecified atom stereocenters. The molecule has 1 aromatic rings. The van der Waals surface area contributed by atoms with Crippen molar-refractivity contribution >= 4 is 0 Å². The number of methoxy groups -OCH3 is 2. The lowest BCUT2D eigenvalue weighted by Crippen LogP contribution is -2.47. The first kappa shape index (κ1) is 14.1. The van der Waals surface area contributed by atoms with Crippen molar-refractivity contribution in [3.8, 4) is 0 Å². The highest BCUT2D eigenvalue weighted by Gasteiger charge is 2.20. The molecule has 17 heavy (non-hydrogen) atoms. The summed E-state index contributed by atoms with van der Waals surface area (Å²) in [5, 5.41) is 0. The van der Waals surface area contributed by atoms with Crippen LogP contribution in [0.1, 0.15) is 11.1 Å². The molecule has 0 aliphatic carbocycles. The molecule has 0 aliphatic heterocycles. The van der Waals surface area contributed by atoms with E-state index in [1.807, 2.05) is 6.92 Å². The Morgan fingerprint density at radius 1 is 1.35 bits per heavy atom. The van der Waals surface area contributed by atoms with Gasteiger partial charge in [0.2, 0.25) is 0 Å². The molecule has 5 heteroatoms. The van der Waals surface area contributed by atoms with Gasteiger partial charge in [0.05, 0.1) is 6.04 Å². The average molecular weight is 242 g/mol. The highest BCUT2D eigenvalue weighted by atomic mass is 19.1. The first-order chi connectivity index (χ1) is 8.12. The lowest BCUT2D eigenvalue weighted by Gasteiger charge is -2.24. The topological polar surface area (TPSA) is 56.5 Å². The summed E-state index contributed by atoms with van der Waals surface area (Å²) in [6.07, 6.45) is 0.166. The van der Waals surface area contributed by atoms with Gasteiger partial charge in [-0.05, 0) is 36.6 Å². The van der Waals surface area contributed by atoms with Gasteiger partial charge in [-0.2, -0.15) is 0 Å². The molecule has 0 bridgehead atoms. The van der Waals surface area contributed by atoms with Crippen LogP contribution in [-0.4, -0.2) is 26.6 Å². The molecule has 0 fully saturated rings. The van der Waals surface area contributed by atoms with Crippen molar-refractivity contribution in [3.63, 3.8) is 0 Å². The number of aryl methyl sites for hydroxylation is 1. The predicted octanol–water partition coefficient (Wildman–Crippen LogP) is 1.13. The molecule has 1 atom stereocenters. The van der Waals surface area contributed by atoms with Gasteiger partial charge < -0.3 is 9.47 Å². The molecular weight excluding hydrogens is 223 g/mol. The molecule has 0 spiro atoms. The van der Waals surface area contributed by atoms with Crippen molar-refractivity contribution in [3.05, 3.63) is 35.1 Å². The maximum atomic E-state index is 13.0. The maximum Gasteiger partial charge on any atom is 0.173 e. The fourth-order valence-corrected chi connectivity index (χ4v) is 1.78. The van der Waals surface area contributed by atoms with Gasteiger partial charge >= 0.3 is 0 Å². The standard InChI is InChI=1S/C12H19FN2O2/c1-8-6-10(13)5-4-9(8)7-11(15-14)12(16-2)17-3/h4-6,11-12,15H,7,14H2,1-3H3. The number of hydrazine groups is 1. The lowest BCUT2D eigenvalue weighted by molar-refractivity contribution is -0.122. The van der Waals surface area contributed by atoms with Crippen molar-refractivity contribution in [2.45, 2.75) is 25.7 Å². The number of hydrogen-bond acceptors (Lipinski definition) is 4. The van der Waals surface area contributed by atoms with E-state index in [0.717, 1.165) is 11.1 Å². The average Bonchev–Trinajstić information content (AvgIpc) is 2.32. The number of benzene rings is 1. The zero-order valence-corrected chi connectivity index (χ0v) is 10.4. The van der Waals surface area contributed by atoms with Crippen LogP contribution >= 0.6 is 0 Å². The van der Waals surface area contributed by atoms with Crippen LogP contribution in [0.25, 0.3) is 0 Å². The first-order valence-electron chi connectivity index (χ1n) is 5.39. The van der Waals surface area contributed by atoms with Gasteiger partial charge in [0.25, 0.3) is 0 Å². The summed E-state index contributed by atoms with van der Waals surface area (Å²) in [5.41, 5.74) is 4.54. The van der Waals surface area contributed by atoms with Gasteiger partial charge in [-0.1, -0.05) is 6.07 Å². The number of rotatable bonds is 6. The minimum atomic E-state index is -0.440. The Labute approximate surface area is 101 Å². The molecule has 3 N–H and O–H groups in total. The van der Waals surface area contributed by atoms with E-state index in [0.29, 0.717) is 6.42 Å². The van der Waals surface area contributed by atoms with Crippen LogP contribution in [-0.2, 0) is 15.9 Å². The molecule has 0 aliphatic rings. The molecule has 0 amide bonds. The quantitative estimate of drug-likeness (QED) is 0.446. The number of hydrogen-bond donors (Lipinski definition) is 2. The van der Waals surface area contributed by atoms with Crippen LogP contribution in [0.2, 0.25) is 0 Å². The number of nitrogens with two attached hydrogens (primary N) is 1. The van der Waals surface area contributed by atoms with Crippen LogP contribution in [0.4, 0.5) is 4.39 Å². The Bertz CT molecular complexity index is 356. The minimum absolute atomic E-state index is 0.186. The summed E-state index contributed by atoms with van der Waals surface area (Å²) >= 11 is 0. The van der Waals surface area contributed by atoms with Gasteiger partial charge in [-0.3, -0.25) is 11.3 Å². The molecule has 96 valence electrons. The second-order valence-corrected chi connectivity index (χ2v) is 3.89. The van der Waals surface area contributed by atoms with E-state index in [4.69, 9.17) is 15.3 Å². The van der Waals surface area contributed by atoms with Crippen LogP contribution in [0.3, 0.4) is 0 Å². The third-order valence-electron chi connectivity index (χ3n) is 2.75. The molecule has 0 saturated carbocycles. The van der Waals surface area contributed by atoms with E-state index in [-0.39, 0.29) is 11.9 Å². The normalized spacial score (nSPS) is 13.1. The van der Waals surface area contributed by atoms with Crippen LogP contribution < -0.4 is 11.3 Å². The zero-order valence-electron chi connectivity index (χ0n) is 10.4. The Hall–Kier alpha value is -1.01. The van der Waals surface area contributed by atoms with Crippen molar-refractivity contribution in [2.24, 2.45) is 5.84 Å². The monoisotopic (exact) mass is 242 g/mol. The molecule has 1 rings (SSSR count). The van der Waals surface area contributed by atoms with E-state index in [9.17, 15) is 4.39 Å². The predicted molar refractivity (Wildman–Crippen MR) is 63.8 cm³/mol. The second-order valence-electron chi connectivity index (χ2n) is 3.89. The van der Waals surface area contributed by atoms with Crippen molar-refractivity contribution in [1.82, 2.24) is 5.43 Å². The summed E-state index contributed by atoms with van der Waals surface area (Å²) in [5.74, 6) is 5.23. The molecule has 0 aromatic heterocycles. The highest BCUT2D eigenvalue weighted by molar-refractivity contribution is 5.27. The second kappa shape index (κ2) is 6.66. The Balaban J connectivity index is 2.80.